The van der Waals surface area contributed by atoms with Gasteiger partial charge in [-0.15, -0.1) is 0 Å². The highest BCUT2D eigenvalue weighted by atomic mass is 16.6. The molecule has 0 saturated heterocycles. The third-order valence-electron chi connectivity index (χ3n) is 2.93. The number of ether oxygens (including phenoxy) is 3. The molecular weight excluding hydrogens is 284 g/mol. The number of carbonyl (C=O) groups excluding carboxylic acids is 1. The summed E-state index contributed by atoms with van der Waals surface area (Å²) in [5, 5.41) is 2.71. The summed E-state index contributed by atoms with van der Waals surface area (Å²) < 4.78 is 15.8. The van der Waals surface area contributed by atoms with Gasteiger partial charge in [-0.25, -0.2) is 9.78 Å². The Morgan fingerprint density at radius 2 is 1.95 bits per heavy atom. The van der Waals surface area contributed by atoms with Crippen LogP contribution < -0.4 is 14.8 Å². The molecule has 0 radical (unpaired) electrons. The van der Waals surface area contributed by atoms with Gasteiger partial charge >= 0.3 is 6.09 Å². The number of pyridine rings is 1. The lowest BCUT2D eigenvalue weighted by molar-refractivity contribution is 0.0528. The molecular formula is C16H26N2O4. The maximum absolute atomic E-state index is 11.6. The minimum atomic E-state index is -0.508. The Morgan fingerprint density at radius 3 is 2.45 bits per heavy atom. The molecule has 22 heavy (non-hydrogen) atoms. The molecule has 6 heteroatoms. The van der Waals surface area contributed by atoms with Crippen LogP contribution in [0.4, 0.5) is 4.79 Å². The molecule has 0 spiro atoms. The highest BCUT2D eigenvalue weighted by Gasteiger charge is 2.16. The molecule has 0 aliphatic heterocycles. The third kappa shape index (κ3) is 5.42. The van der Waals surface area contributed by atoms with Gasteiger partial charge in [-0.05, 0) is 33.3 Å². The molecule has 0 unspecified atom stereocenters. The molecule has 0 aliphatic carbocycles. The minimum absolute atomic E-state index is 0.410. The number of alkyl carbamates (subject to hydrolysis) is 1. The van der Waals surface area contributed by atoms with Gasteiger partial charge in [0, 0.05) is 18.5 Å². The number of aryl methyl sites for hydroxylation is 1. The van der Waals surface area contributed by atoms with E-state index in [1.54, 1.807) is 14.2 Å². The van der Waals surface area contributed by atoms with Crippen LogP contribution in [0.3, 0.4) is 0 Å². The van der Waals surface area contributed by atoms with Gasteiger partial charge in [0.05, 0.1) is 19.9 Å². The van der Waals surface area contributed by atoms with Crippen LogP contribution in [0.2, 0.25) is 0 Å². The predicted molar refractivity (Wildman–Crippen MR) is 84.7 cm³/mol. The van der Waals surface area contributed by atoms with E-state index in [1.165, 1.54) is 0 Å². The molecule has 1 aromatic rings. The zero-order chi connectivity index (χ0) is 16.8. The quantitative estimate of drug-likeness (QED) is 0.875. The highest BCUT2D eigenvalue weighted by molar-refractivity contribution is 5.67. The van der Waals surface area contributed by atoms with Crippen molar-refractivity contribution in [3.63, 3.8) is 0 Å². The second-order valence-electron chi connectivity index (χ2n) is 5.84. The Morgan fingerprint density at radius 1 is 1.27 bits per heavy atom. The molecule has 0 aliphatic rings. The van der Waals surface area contributed by atoms with Crippen LogP contribution in [-0.4, -0.2) is 37.4 Å². The van der Waals surface area contributed by atoms with E-state index in [-0.39, 0.29) is 0 Å². The maximum atomic E-state index is 11.6. The smallest absolute Gasteiger partial charge is 0.407 e. The van der Waals surface area contributed by atoms with Crippen molar-refractivity contribution in [2.75, 3.05) is 20.8 Å². The lowest BCUT2D eigenvalue weighted by Gasteiger charge is -2.19. The highest BCUT2D eigenvalue weighted by Crippen LogP contribution is 2.25. The van der Waals surface area contributed by atoms with Gasteiger partial charge in [0.1, 0.15) is 11.4 Å². The molecule has 0 fully saturated rings. The minimum Gasteiger partial charge on any atom is -0.495 e. The van der Waals surface area contributed by atoms with E-state index in [1.807, 2.05) is 33.8 Å². The Balaban J connectivity index is 2.71. The fourth-order valence-electron chi connectivity index (χ4n) is 1.94. The van der Waals surface area contributed by atoms with E-state index in [0.717, 1.165) is 17.7 Å². The number of aromatic nitrogens is 1. The van der Waals surface area contributed by atoms with E-state index in [0.29, 0.717) is 24.6 Å². The number of nitrogens with one attached hydrogen (secondary N) is 1. The number of rotatable bonds is 6. The van der Waals surface area contributed by atoms with Gasteiger partial charge in [-0.1, -0.05) is 6.92 Å². The summed E-state index contributed by atoms with van der Waals surface area (Å²) in [6.45, 7) is 7.91. The molecule has 0 atom stereocenters. The van der Waals surface area contributed by atoms with E-state index in [9.17, 15) is 4.79 Å². The molecule has 0 aromatic carbocycles. The van der Waals surface area contributed by atoms with Gasteiger partial charge in [0.2, 0.25) is 5.88 Å². The average Bonchev–Trinajstić information content (AvgIpc) is 2.44. The molecule has 0 saturated carbocycles. The van der Waals surface area contributed by atoms with Crippen LogP contribution in [0.5, 0.6) is 11.6 Å². The SMILES string of the molecule is CCc1cc(OC)c(CCNC(=O)OC(C)(C)C)nc1OC. The summed E-state index contributed by atoms with van der Waals surface area (Å²) >= 11 is 0. The molecule has 6 nitrogen and oxygen atoms in total. The largest absolute Gasteiger partial charge is 0.495 e. The number of amides is 1. The summed E-state index contributed by atoms with van der Waals surface area (Å²) in [6, 6.07) is 1.93. The van der Waals surface area contributed by atoms with Crippen molar-refractivity contribution >= 4 is 6.09 Å². The first-order valence-electron chi connectivity index (χ1n) is 7.38. The van der Waals surface area contributed by atoms with Gasteiger partial charge < -0.3 is 19.5 Å². The Kier molecular flexibility index (Phi) is 6.46. The van der Waals surface area contributed by atoms with Crippen LogP contribution in [-0.2, 0) is 17.6 Å². The Hall–Kier alpha value is -1.98. The Bertz CT molecular complexity index is 510. The first-order valence-corrected chi connectivity index (χ1v) is 7.38. The topological polar surface area (TPSA) is 69.7 Å². The zero-order valence-corrected chi connectivity index (χ0v) is 14.3. The lowest BCUT2D eigenvalue weighted by atomic mass is 10.1. The summed E-state index contributed by atoms with van der Waals surface area (Å²) in [7, 11) is 3.20. The van der Waals surface area contributed by atoms with Gasteiger partial charge in [-0.3, -0.25) is 0 Å². The summed E-state index contributed by atoms with van der Waals surface area (Å²) in [5.74, 6) is 1.29. The summed E-state index contributed by atoms with van der Waals surface area (Å²) in [5.41, 5.74) is 1.22. The van der Waals surface area contributed by atoms with Gasteiger partial charge in [-0.2, -0.15) is 0 Å². The normalized spacial score (nSPS) is 11.0. The second kappa shape index (κ2) is 7.87. The predicted octanol–water partition coefficient (Wildman–Crippen LogP) is 2.73. The molecule has 124 valence electrons. The molecule has 1 aromatic heterocycles. The van der Waals surface area contributed by atoms with Crippen LogP contribution >= 0.6 is 0 Å². The average molecular weight is 310 g/mol. The number of hydrogen-bond donors (Lipinski definition) is 1. The molecule has 1 heterocycles. The van der Waals surface area contributed by atoms with Crippen LogP contribution in [0.25, 0.3) is 0 Å². The molecule has 0 bridgehead atoms. The van der Waals surface area contributed by atoms with Gasteiger partial charge in [0.15, 0.2) is 0 Å². The first kappa shape index (κ1) is 18.1. The molecule has 1 N–H and O–H groups in total. The number of carbonyl (C=O) groups is 1. The van der Waals surface area contributed by atoms with Crippen molar-refractivity contribution in [2.24, 2.45) is 0 Å². The molecule has 1 amide bonds. The Labute approximate surface area is 132 Å². The van der Waals surface area contributed by atoms with Crippen molar-refractivity contribution in [3.8, 4) is 11.6 Å². The second-order valence-corrected chi connectivity index (χ2v) is 5.84. The van der Waals surface area contributed by atoms with E-state index >= 15 is 0 Å². The third-order valence-corrected chi connectivity index (χ3v) is 2.93. The van der Waals surface area contributed by atoms with Crippen LogP contribution in [0, 0.1) is 0 Å². The van der Waals surface area contributed by atoms with E-state index in [4.69, 9.17) is 14.2 Å². The van der Waals surface area contributed by atoms with E-state index < -0.39 is 11.7 Å². The van der Waals surface area contributed by atoms with Crippen molar-refractivity contribution in [3.05, 3.63) is 17.3 Å². The number of nitrogens with zero attached hydrogens (tertiary/aromatic N) is 1. The zero-order valence-electron chi connectivity index (χ0n) is 14.3. The first-order chi connectivity index (χ1) is 10.3. The lowest BCUT2D eigenvalue weighted by Crippen LogP contribution is -2.33. The fourth-order valence-corrected chi connectivity index (χ4v) is 1.94. The van der Waals surface area contributed by atoms with Gasteiger partial charge in [0.25, 0.3) is 0 Å². The number of methoxy groups -OCH3 is 2. The number of hydrogen-bond acceptors (Lipinski definition) is 5. The summed E-state index contributed by atoms with van der Waals surface area (Å²) in [4.78, 5) is 16.1. The maximum Gasteiger partial charge on any atom is 0.407 e. The van der Waals surface area contributed by atoms with Crippen LogP contribution in [0.15, 0.2) is 6.07 Å². The van der Waals surface area contributed by atoms with Crippen molar-refractivity contribution < 1.29 is 19.0 Å². The van der Waals surface area contributed by atoms with Crippen molar-refractivity contribution in [1.29, 1.82) is 0 Å². The fraction of sp³-hybridized carbons (Fsp3) is 0.625. The van der Waals surface area contributed by atoms with Crippen LogP contribution in [0.1, 0.15) is 39.0 Å². The van der Waals surface area contributed by atoms with E-state index in [2.05, 4.69) is 10.3 Å². The monoisotopic (exact) mass is 310 g/mol. The standard InChI is InChI=1S/C16H26N2O4/c1-7-11-10-13(20-5)12(18-14(11)21-6)8-9-17-15(19)22-16(2,3)4/h10H,7-9H2,1-6H3,(H,17,19). The molecule has 1 rings (SSSR count). The van der Waals surface area contributed by atoms with Crippen molar-refractivity contribution in [2.45, 2.75) is 46.1 Å². The van der Waals surface area contributed by atoms with Crippen molar-refractivity contribution in [1.82, 2.24) is 10.3 Å². The summed E-state index contributed by atoms with van der Waals surface area (Å²) in [6.07, 6.45) is 0.898.